The molecule has 0 spiro atoms. The molecule has 4 rings (SSSR count). The van der Waals surface area contributed by atoms with Crippen LogP contribution in [0.3, 0.4) is 0 Å². The molecular weight excluding hydrogens is 340 g/mol. The van der Waals surface area contributed by atoms with E-state index in [0.717, 1.165) is 10.9 Å². The van der Waals surface area contributed by atoms with Crippen LogP contribution < -0.4 is 10.2 Å². The molecule has 0 fully saturated rings. The van der Waals surface area contributed by atoms with Crippen molar-refractivity contribution in [2.75, 3.05) is 6.61 Å². The molecule has 0 aliphatic rings. The van der Waals surface area contributed by atoms with Crippen LogP contribution in [0.25, 0.3) is 34.1 Å². The summed E-state index contributed by atoms with van der Waals surface area (Å²) in [6, 6.07) is 15.0. The summed E-state index contributed by atoms with van der Waals surface area (Å²) < 4.78 is 17.1. The van der Waals surface area contributed by atoms with Gasteiger partial charge in [-0.25, -0.2) is 0 Å². The molecular formula is C23H18O4. The Balaban J connectivity index is 1.73. The molecule has 2 aromatic carbocycles. The highest BCUT2D eigenvalue weighted by Crippen LogP contribution is 2.34. The van der Waals surface area contributed by atoms with E-state index < -0.39 is 0 Å². The van der Waals surface area contributed by atoms with Gasteiger partial charge in [-0.1, -0.05) is 48.6 Å². The van der Waals surface area contributed by atoms with Gasteiger partial charge in [0, 0.05) is 12.1 Å². The third-order valence-electron chi connectivity index (χ3n) is 4.17. The number of fused-ring (bicyclic) bond motifs is 2. The van der Waals surface area contributed by atoms with E-state index in [9.17, 15) is 4.79 Å². The molecule has 4 heteroatoms. The number of hydrogen-bond acceptors (Lipinski definition) is 4. The van der Waals surface area contributed by atoms with Gasteiger partial charge in [-0.15, -0.1) is 0 Å². The Bertz CT molecular complexity index is 1190. The lowest BCUT2D eigenvalue weighted by atomic mass is 10.1. The molecule has 0 N–H and O–H groups in total. The van der Waals surface area contributed by atoms with Crippen LogP contribution >= 0.6 is 0 Å². The largest absolute Gasteiger partial charge is 0.492 e. The summed E-state index contributed by atoms with van der Waals surface area (Å²) in [6.45, 7) is 2.33. The Labute approximate surface area is 156 Å². The van der Waals surface area contributed by atoms with E-state index in [4.69, 9.17) is 13.6 Å². The van der Waals surface area contributed by atoms with Crippen LogP contribution in [0.1, 0.15) is 18.2 Å². The number of furan rings is 1. The number of allylic oxidation sites excluding steroid dienone is 2. The third kappa shape index (κ3) is 3.42. The zero-order valence-corrected chi connectivity index (χ0v) is 14.8. The molecule has 2 heterocycles. The van der Waals surface area contributed by atoms with Crippen molar-refractivity contribution in [2.45, 2.75) is 6.92 Å². The fraction of sp³-hybridized carbons (Fsp3) is 0.0870. The zero-order chi connectivity index (χ0) is 18.6. The fourth-order valence-electron chi connectivity index (χ4n) is 2.99. The fourth-order valence-corrected chi connectivity index (χ4v) is 2.99. The van der Waals surface area contributed by atoms with Crippen LogP contribution in [-0.2, 0) is 0 Å². The molecule has 0 saturated heterocycles. The van der Waals surface area contributed by atoms with Gasteiger partial charge in [0.2, 0.25) is 0 Å². The minimum absolute atomic E-state index is 0.144. The van der Waals surface area contributed by atoms with Crippen LogP contribution in [0.4, 0.5) is 0 Å². The molecule has 0 bridgehead atoms. The van der Waals surface area contributed by atoms with Crippen molar-refractivity contribution >= 4 is 34.1 Å². The Hall–Kier alpha value is -3.53. The van der Waals surface area contributed by atoms with E-state index in [-0.39, 0.29) is 5.43 Å². The van der Waals surface area contributed by atoms with Gasteiger partial charge in [0.1, 0.15) is 28.1 Å². The van der Waals surface area contributed by atoms with E-state index in [1.807, 2.05) is 55.5 Å². The predicted molar refractivity (Wildman–Crippen MR) is 108 cm³/mol. The predicted octanol–water partition coefficient (Wildman–Crippen LogP) is 5.66. The monoisotopic (exact) mass is 358 g/mol. The third-order valence-corrected chi connectivity index (χ3v) is 4.17. The first-order valence-corrected chi connectivity index (χ1v) is 8.77. The maximum atomic E-state index is 12.7. The standard InChI is InChI=1S/C23H18O4/c1-2-25-23-18-12-13-26-20(18)15-21-22(23)19(24)14-17(27-21)11-7-6-10-16-8-4-3-5-9-16/h3-15H,2H2,1H3/b10-6+,11-7+. The van der Waals surface area contributed by atoms with Gasteiger partial charge in [0.05, 0.1) is 18.3 Å². The molecule has 0 saturated carbocycles. The van der Waals surface area contributed by atoms with Gasteiger partial charge in [-0.2, -0.15) is 0 Å². The highest BCUT2D eigenvalue weighted by Gasteiger charge is 2.16. The van der Waals surface area contributed by atoms with E-state index in [1.54, 1.807) is 24.5 Å². The van der Waals surface area contributed by atoms with Gasteiger partial charge in [0.15, 0.2) is 5.43 Å². The first-order valence-electron chi connectivity index (χ1n) is 8.77. The lowest BCUT2D eigenvalue weighted by Gasteiger charge is -2.08. The van der Waals surface area contributed by atoms with Crippen LogP contribution in [0, 0.1) is 0 Å². The number of ether oxygens (including phenoxy) is 1. The summed E-state index contributed by atoms with van der Waals surface area (Å²) in [7, 11) is 0. The van der Waals surface area contributed by atoms with Crippen LogP contribution in [0.5, 0.6) is 5.75 Å². The molecule has 0 radical (unpaired) electrons. The van der Waals surface area contributed by atoms with E-state index in [1.165, 1.54) is 6.07 Å². The van der Waals surface area contributed by atoms with Gasteiger partial charge in [-0.3, -0.25) is 4.79 Å². The van der Waals surface area contributed by atoms with Gasteiger partial charge >= 0.3 is 0 Å². The second-order valence-electron chi connectivity index (χ2n) is 5.99. The molecule has 134 valence electrons. The second kappa shape index (κ2) is 7.38. The molecule has 4 nitrogen and oxygen atoms in total. The quantitative estimate of drug-likeness (QED) is 0.432. The highest BCUT2D eigenvalue weighted by molar-refractivity contribution is 6.01. The summed E-state index contributed by atoms with van der Waals surface area (Å²) in [5.74, 6) is 0.977. The zero-order valence-electron chi connectivity index (χ0n) is 14.8. The van der Waals surface area contributed by atoms with Crippen LogP contribution in [0.2, 0.25) is 0 Å². The van der Waals surface area contributed by atoms with Crippen molar-refractivity contribution in [3.63, 3.8) is 0 Å². The summed E-state index contributed by atoms with van der Waals surface area (Å²) in [6.07, 6.45) is 9.06. The first-order chi connectivity index (χ1) is 13.3. The summed E-state index contributed by atoms with van der Waals surface area (Å²) >= 11 is 0. The average Bonchev–Trinajstić information content (AvgIpc) is 3.14. The molecule has 0 aliphatic carbocycles. The minimum atomic E-state index is -0.144. The number of rotatable bonds is 5. The summed E-state index contributed by atoms with van der Waals surface area (Å²) in [4.78, 5) is 12.7. The van der Waals surface area contributed by atoms with Gasteiger partial charge in [-0.05, 0) is 24.6 Å². The normalized spacial score (nSPS) is 11.9. The minimum Gasteiger partial charge on any atom is -0.492 e. The van der Waals surface area contributed by atoms with Crippen molar-refractivity contribution in [2.24, 2.45) is 0 Å². The molecule has 2 aromatic heterocycles. The molecule has 27 heavy (non-hydrogen) atoms. The smallest absolute Gasteiger partial charge is 0.197 e. The Morgan fingerprint density at radius 1 is 1.00 bits per heavy atom. The maximum Gasteiger partial charge on any atom is 0.197 e. The van der Waals surface area contributed by atoms with Crippen molar-refractivity contribution in [3.05, 3.63) is 88.5 Å². The second-order valence-corrected chi connectivity index (χ2v) is 5.99. The lowest BCUT2D eigenvalue weighted by Crippen LogP contribution is -2.04. The highest BCUT2D eigenvalue weighted by atomic mass is 16.5. The van der Waals surface area contributed by atoms with E-state index >= 15 is 0 Å². The van der Waals surface area contributed by atoms with Gasteiger partial charge < -0.3 is 13.6 Å². The number of benzene rings is 2. The average molecular weight is 358 g/mol. The molecule has 4 aromatic rings. The van der Waals surface area contributed by atoms with Crippen molar-refractivity contribution in [1.29, 1.82) is 0 Å². The van der Waals surface area contributed by atoms with Crippen molar-refractivity contribution in [1.82, 2.24) is 0 Å². The Morgan fingerprint density at radius 2 is 1.81 bits per heavy atom. The SMILES string of the molecule is CCOc1c2ccoc2cc2oc(/C=C/C=C/c3ccccc3)cc(=O)c12. The molecule has 0 aliphatic heterocycles. The van der Waals surface area contributed by atoms with Crippen LogP contribution in [0.15, 0.2) is 80.6 Å². The van der Waals surface area contributed by atoms with E-state index in [0.29, 0.717) is 34.7 Å². The molecule has 0 atom stereocenters. The summed E-state index contributed by atoms with van der Waals surface area (Å²) in [5.41, 5.74) is 2.03. The Morgan fingerprint density at radius 3 is 2.63 bits per heavy atom. The van der Waals surface area contributed by atoms with E-state index in [2.05, 4.69) is 0 Å². The summed E-state index contributed by atoms with van der Waals surface area (Å²) in [5, 5.41) is 1.20. The molecule has 0 amide bonds. The lowest BCUT2D eigenvalue weighted by molar-refractivity contribution is 0.347. The van der Waals surface area contributed by atoms with Crippen LogP contribution in [-0.4, -0.2) is 6.61 Å². The topological polar surface area (TPSA) is 52.6 Å². The first kappa shape index (κ1) is 16.9. The maximum absolute atomic E-state index is 12.7. The molecule has 0 unspecified atom stereocenters. The Kier molecular flexibility index (Phi) is 4.62. The van der Waals surface area contributed by atoms with Gasteiger partial charge in [0.25, 0.3) is 0 Å². The van der Waals surface area contributed by atoms with Crippen molar-refractivity contribution < 1.29 is 13.6 Å². The number of hydrogen-bond donors (Lipinski definition) is 0. The van der Waals surface area contributed by atoms with Crippen molar-refractivity contribution in [3.8, 4) is 5.75 Å².